The predicted octanol–water partition coefficient (Wildman–Crippen LogP) is 6.46. The van der Waals surface area contributed by atoms with Gasteiger partial charge in [-0.2, -0.15) is 0 Å². The van der Waals surface area contributed by atoms with Crippen LogP contribution in [-0.4, -0.2) is 34.9 Å². The third kappa shape index (κ3) is 6.10. The van der Waals surface area contributed by atoms with Gasteiger partial charge < -0.3 is 4.90 Å². The predicted molar refractivity (Wildman–Crippen MR) is 163 cm³/mol. The summed E-state index contributed by atoms with van der Waals surface area (Å²) in [4.78, 5) is 43.9. The van der Waals surface area contributed by atoms with Gasteiger partial charge in [0.2, 0.25) is 0 Å². The molecule has 4 rings (SSSR count). The van der Waals surface area contributed by atoms with Crippen molar-refractivity contribution in [1.82, 2.24) is 0 Å². The molecule has 206 valence electrons. The molecule has 0 unspecified atom stereocenters. The van der Waals surface area contributed by atoms with Gasteiger partial charge in [-0.1, -0.05) is 70.2 Å². The second-order valence-corrected chi connectivity index (χ2v) is 10.9. The molecule has 0 atom stereocenters. The molecule has 3 aromatic rings. The van der Waals surface area contributed by atoms with Gasteiger partial charge in [-0.25, -0.2) is 0 Å². The first kappa shape index (κ1) is 28.6. The first-order valence-corrected chi connectivity index (χ1v) is 13.6. The molecule has 1 heterocycles. The van der Waals surface area contributed by atoms with Crippen LogP contribution in [0.5, 0.6) is 0 Å². The van der Waals surface area contributed by atoms with Crippen LogP contribution >= 0.6 is 12.2 Å². The number of rotatable bonds is 9. The molecule has 0 aliphatic carbocycles. The highest BCUT2D eigenvalue weighted by Gasteiger charge is 2.41. The summed E-state index contributed by atoms with van der Waals surface area (Å²) in [5.41, 5.74) is 1.67. The fourth-order valence-corrected chi connectivity index (χ4v) is 5.08. The van der Waals surface area contributed by atoms with Crippen molar-refractivity contribution in [3.8, 4) is 0 Å². The Balaban J connectivity index is 1.83. The molecule has 1 fully saturated rings. The van der Waals surface area contributed by atoms with Gasteiger partial charge in [0.15, 0.2) is 5.11 Å². The molecule has 8 nitrogen and oxygen atoms in total. The molecule has 40 heavy (non-hydrogen) atoms. The molecule has 9 heteroatoms. The standard InChI is InChI=1S/C31H32N4O4S/c1-21(2)19-32(20-22(3)4)27-16-15-23(18-28(27)35(38)39)17-26-29(36)33(24-11-7-5-8-12-24)31(40)34(30(26)37)25-13-9-6-10-14-25/h5-18,21-22H,19-20H2,1-4H3. The number of carbonyl (C=O) groups is 2. The Labute approximate surface area is 239 Å². The summed E-state index contributed by atoms with van der Waals surface area (Å²) in [5, 5.41) is 12.2. The summed E-state index contributed by atoms with van der Waals surface area (Å²) in [5.74, 6) is -0.591. The Bertz CT molecular complexity index is 1380. The fraction of sp³-hybridized carbons (Fsp3) is 0.258. The van der Waals surface area contributed by atoms with Crippen molar-refractivity contribution in [2.24, 2.45) is 11.8 Å². The number of amides is 2. The van der Waals surface area contributed by atoms with Gasteiger partial charge in [0.05, 0.1) is 16.3 Å². The Morgan fingerprint density at radius 3 is 1.73 bits per heavy atom. The van der Waals surface area contributed by atoms with E-state index in [9.17, 15) is 19.7 Å². The van der Waals surface area contributed by atoms with Crippen LogP contribution in [0.25, 0.3) is 6.08 Å². The topological polar surface area (TPSA) is 87.0 Å². The van der Waals surface area contributed by atoms with E-state index in [1.54, 1.807) is 60.7 Å². The molecule has 0 aromatic heterocycles. The number of nitro groups is 1. The third-order valence-electron chi connectivity index (χ3n) is 6.30. The quantitative estimate of drug-likeness (QED) is 0.0988. The molecule has 0 spiro atoms. The molecule has 1 aliphatic rings. The average molecular weight is 557 g/mol. The minimum Gasteiger partial charge on any atom is -0.365 e. The van der Waals surface area contributed by atoms with Gasteiger partial charge in [-0.15, -0.1) is 0 Å². The van der Waals surface area contributed by atoms with E-state index in [1.807, 2.05) is 17.0 Å². The summed E-state index contributed by atoms with van der Waals surface area (Å²) >= 11 is 5.64. The second-order valence-electron chi connectivity index (χ2n) is 10.5. The molecule has 3 aromatic carbocycles. The molecular formula is C31H32N4O4S. The van der Waals surface area contributed by atoms with E-state index < -0.39 is 16.7 Å². The smallest absolute Gasteiger partial charge is 0.293 e. The number of hydrogen-bond acceptors (Lipinski definition) is 6. The fourth-order valence-electron chi connectivity index (χ4n) is 4.70. The Hall–Kier alpha value is -4.37. The molecule has 0 bridgehead atoms. The Morgan fingerprint density at radius 1 is 0.825 bits per heavy atom. The zero-order chi connectivity index (χ0) is 29.0. The van der Waals surface area contributed by atoms with Crippen LogP contribution in [-0.2, 0) is 9.59 Å². The maximum atomic E-state index is 13.7. The van der Waals surface area contributed by atoms with E-state index in [0.29, 0.717) is 47.6 Å². The lowest BCUT2D eigenvalue weighted by Crippen LogP contribution is -2.56. The van der Waals surface area contributed by atoms with Gasteiger partial charge in [0.25, 0.3) is 17.5 Å². The van der Waals surface area contributed by atoms with Crippen LogP contribution in [0.2, 0.25) is 0 Å². The zero-order valence-electron chi connectivity index (χ0n) is 23.0. The van der Waals surface area contributed by atoms with E-state index in [1.165, 1.54) is 21.9 Å². The molecule has 0 radical (unpaired) electrons. The highest BCUT2D eigenvalue weighted by atomic mass is 32.1. The first-order valence-electron chi connectivity index (χ1n) is 13.2. The van der Waals surface area contributed by atoms with Crippen molar-refractivity contribution in [3.05, 3.63) is 100 Å². The monoisotopic (exact) mass is 556 g/mol. The maximum absolute atomic E-state index is 13.7. The first-order chi connectivity index (χ1) is 19.1. The van der Waals surface area contributed by atoms with E-state index in [-0.39, 0.29) is 16.4 Å². The van der Waals surface area contributed by atoms with Crippen LogP contribution < -0.4 is 14.7 Å². The number of carbonyl (C=O) groups excluding carboxylic acids is 2. The van der Waals surface area contributed by atoms with E-state index in [2.05, 4.69) is 27.7 Å². The molecule has 0 saturated carbocycles. The largest absolute Gasteiger partial charge is 0.365 e. The van der Waals surface area contributed by atoms with E-state index in [4.69, 9.17) is 12.2 Å². The van der Waals surface area contributed by atoms with Crippen molar-refractivity contribution >= 4 is 58.0 Å². The van der Waals surface area contributed by atoms with Crippen molar-refractivity contribution in [1.29, 1.82) is 0 Å². The Kier molecular flexibility index (Phi) is 8.74. The number of para-hydroxylation sites is 2. The van der Waals surface area contributed by atoms with Gasteiger partial charge in [0.1, 0.15) is 11.3 Å². The third-order valence-corrected chi connectivity index (χ3v) is 6.66. The number of hydrogen-bond donors (Lipinski definition) is 0. The van der Waals surface area contributed by atoms with Crippen molar-refractivity contribution in [3.63, 3.8) is 0 Å². The zero-order valence-corrected chi connectivity index (χ0v) is 23.8. The molecular weight excluding hydrogens is 524 g/mol. The highest BCUT2D eigenvalue weighted by Crippen LogP contribution is 2.33. The number of benzene rings is 3. The van der Waals surface area contributed by atoms with E-state index >= 15 is 0 Å². The van der Waals surface area contributed by atoms with Crippen molar-refractivity contribution in [2.75, 3.05) is 27.8 Å². The maximum Gasteiger partial charge on any atom is 0.293 e. The molecule has 2 amide bonds. The van der Waals surface area contributed by atoms with Crippen LogP contribution in [0.4, 0.5) is 22.7 Å². The molecule has 0 N–H and O–H groups in total. The summed E-state index contributed by atoms with van der Waals surface area (Å²) in [7, 11) is 0. The normalized spacial score (nSPS) is 13.8. The van der Waals surface area contributed by atoms with Crippen LogP contribution in [0.3, 0.4) is 0 Å². The van der Waals surface area contributed by atoms with Crippen molar-refractivity contribution < 1.29 is 14.5 Å². The summed E-state index contributed by atoms with van der Waals surface area (Å²) in [6.45, 7) is 9.59. The average Bonchev–Trinajstić information content (AvgIpc) is 2.91. The second kappa shape index (κ2) is 12.2. The van der Waals surface area contributed by atoms with Gasteiger partial charge in [-0.3, -0.25) is 29.5 Å². The summed E-state index contributed by atoms with van der Waals surface area (Å²) in [6, 6.07) is 22.5. The van der Waals surface area contributed by atoms with Crippen LogP contribution in [0.1, 0.15) is 33.3 Å². The number of anilines is 3. The number of thiocarbonyl (C=S) groups is 1. The molecule has 1 saturated heterocycles. The van der Waals surface area contributed by atoms with Crippen molar-refractivity contribution in [2.45, 2.75) is 27.7 Å². The lowest BCUT2D eigenvalue weighted by molar-refractivity contribution is -0.384. The minimum absolute atomic E-state index is 0.0314. The van der Waals surface area contributed by atoms with Gasteiger partial charge in [0, 0.05) is 19.2 Å². The van der Waals surface area contributed by atoms with Crippen LogP contribution in [0.15, 0.2) is 84.4 Å². The molecule has 1 aliphatic heterocycles. The lowest BCUT2D eigenvalue weighted by Gasteiger charge is -2.36. The van der Waals surface area contributed by atoms with Gasteiger partial charge in [-0.05, 0) is 66.0 Å². The summed E-state index contributed by atoms with van der Waals surface area (Å²) in [6.07, 6.45) is 1.41. The number of nitro benzene ring substituents is 1. The highest BCUT2D eigenvalue weighted by molar-refractivity contribution is 7.81. The minimum atomic E-state index is -0.596. The SMILES string of the molecule is CC(C)CN(CC(C)C)c1ccc(C=C2C(=O)N(c3ccccc3)C(=S)N(c3ccccc3)C2=O)cc1[N+](=O)[O-]. The lowest BCUT2D eigenvalue weighted by atomic mass is 10.0. The number of nitrogens with zero attached hydrogens (tertiary/aromatic N) is 4. The van der Waals surface area contributed by atoms with Crippen LogP contribution in [0, 0.1) is 22.0 Å². The van der Waals surface area contributed by atoms with E-state index in [0.717, 1.165) is 0 Å². The Morgan fingerprint density at radius 2 is 1.30 bits per heavy atom. The summed E-state index contributed by atoms with van der Waals surface area (Å²) < 4.78 is 0. The van der Waals surface area contributed by atoms with Gasteiger partial charge >= 0.3 is 0 Å².